The monoisotopic (exact) mass is 461 g/mol. The van der Waals surface area contributed by atoms with Crippen molar-refractivity contribution >= 4 is 40.5 Å². The van der Waals surface area contributed by atoms with Crippen molar-refractivity contribution in [2.24, 2.45) is 0 Å². The van der Waals surface area contributed by atoms with Crippen molar-refractivity contribution in [3.8, 4) is 5.75 Å². The van der Waals surface area contributed by atoms with Crippen molar-refractivity contribution in [3.63, 3.8) is 0 Å². The Morgan fingerprint density at radius 1 is 0.909 bits per heavy atom. The fraction of sp³-hybridized carbons (Fsp3) is 0.192. The van der Waals surface area contributed by atoms with E-state index in [2.05, 4.69) is 29.8 Å². The van der Waals surface area contributed by atoms with Crippen molar-refractivity contribution in [3.05, 3.63) is 89.5 Å². The molecule has 0 aliphatic rings. The van der Waals surface area contributed by atoms with E-state index < -0.39 is 0 Å². The highest BCUT2D eigenvalue weighted by Crippen LogP contribution is 2.19. The van der Waals surface area contributed by atoms with Crippen molar-refractivity contribution in [2.75, 3.05) is 17.2 Å². The van der Waals surface area contributed by atoms with E-state index in [1.54, 1.807) is 30.3 Å². The van der Waals surface area contributed by atoms with Crippen LogP contribution in [-0.4, -0.2) is 23.5 Å². The Morgan fingerprint density at radius 3 is 2.24 bits per heavy atom. The molecule has 0 fully saturated rings. The van der Waals surface area contributed by atoms with E-state index >= 15 is 0 Å². The SMILES string of the molecule is Cc1ccccc1C(=O)Nc1cccc(NC(=S)NC(=O)COc2ccc(C(C)C)cc2)c1. The van der Waals surface area contributed by atoms with E-state index in [1.807, 2.05) is 49.4 Å². The highest BCUT2D eigenvalue weighted by Gasteiger charge is 2.10. The first kappa shape index (κ1) is 23.9. The molecule has 0 saturated carbocycles. The summed E-state index contributed by atoms with van der Waals surface area (Å²) in [5, 5.41) is 8.55. The predicted molar refractivity (Wildman–Crippen MR) is 136 cm³/mol. The summed E-state index contributed by atoms with van der Waals surface area (Å²) < 4.78 is 5.52. The summed E-state index contributed by atoms with van der Waals surface area (Å²) in [5.41, 5.74) is 3.95. The Balaban J connectivity index is 1.50. The number of benzene rings is 3. The first-order valence-electron chi connectivity index (χ1n) is 10.6. The molecule has 2 amide bonds. The molecule has 0 aliphatic heterocycles. The normalized spacial score (nSPS) is 10.4. The van der Waals surface area contributed by atoms with Crippen LogP contribution in [0.25, 0.3) is 0 Å². The van der Waals surface area contributed by atoms with Crippen LogP contribution in [-0.2, 0) is 4.79 Å². The van der Waals surface area contributed by atoms with Gasteiger partial charge in [-0.1, -0.05) is 50.2 Å². The topological polar surface area (TPSA) is 79.5 Å². The van der Waals surface area contributed by atoms with Gasteiger partial charge in [-0.25, -0.2) is 0 Å². The molecule has 33 heavy (non-hydrogen) atoms. The van der Waals surface area contributed by atoms with Gasteiger partial charge in [0, 0.05) is 16.9 Å². The minimum atomic E-state index is -0.371. The van der Waals surface area contributed by atoms with Gasteiger partial charge in [0.2, 0.25) is 0 Å². The second-order valence-corrected chi connectivity index (χ2v) is 8.27. The molecule has 0 unspecified atom stereocenters. The number of aryl methyl sites for hydroxylation is 1. The van der Waals surface area contributed by atoms with E-state index in [-0.39, 0.29) is 23.5 Å². The van der Waals surface area contributed by atoms with Crippen LogP contribution in [0.15, 0.2) is 72.8 Å². The molecule has 0 spiro atoms. The van der Waals surface area contributed by atoms with Crippen LogP contribution in [0.1, 0.15) is 41.3 Å². The van der Waals surface area contributed by atoms with Crippen molar-refractivity contribution < 1.29 is 14.3 Å². The van der Waals surface area contributed by atoms with Gasteiger partial charge in [-0.3, -0.25) is 14.9 Å². The summed E-state index contributed by atoms with van der Waals surface area (Å²) in [6.07, 6.45) is 0. The van der Waals surface area contributed by atoms with Crippen LogP contribution in [0.2, 0.25) is 0 Å². The van der Waals surface area contributed by atoms with Gasteiger partial charge in [0.15, 0.2) is 11.7 Å². The number of hydrogen-bond donors (Lipinski definition) is 3. The largest absolute Gasteiger partial charge is 0.484 e. The zero-order chi connectivity index (χ0) is 23.8. The smallest absolute Gasteiger partial charge is 0.264 e. The molecule has 3 aromatic rings. The van der Waals surface area contributed by atoms with Crippen LogP contribution >= 0.6 is 12.2 Å². The lowest BCUT2D eigenvalue weighted by Crippen LogP contribution is -2.37. The van der Waals surface area contributed by atoms with Crippen molar-refractivity contribution in [2.45, 2.75) is 26.7 Å². The number of ether oxygens (including phenoxy) is 1. The predicted octanol–water partition coefficient (Wildman–Crippen LogP) is 5.26. The summed E-state index contributed by atoms with van der Waals surface area (Å²) in [5.74, 6) is 0.481. The molecule has 0 aromatic heterocycles. The molecule has 0 radical (unpaired) electrons. The van der Waals surface area contributed by atoms with Gasteiger partial charge >= 0.3 is 0 Å². The van der Waals surface area contributed by atoms with E-state index in [1.165, 1.54) is 5.56 Å². The minimum absolute atomic E-state index is 0.140. The average Bonchev–Trinajstić information content (AvgIpc) is 2.78. The molecule has 7 heteroatoms. The van der Waals surface area contributed by atoms with Gasteiger partial charge in [0.25, 0.3) is 11.8 Å². The van der Waals surface area contributed by atoms with Gasteiger partial charge in [0.05, 0.1) is 0 Å². The van der Waals surface area contributed by atoms with Crippen LogP contribution in [0.5, 0.6) is 5.75 Å². The lowest BCUT2D eigenvalue weighted by Gasteiger charge is -2.12. The van der Waals surface area contributed by atoms with Gasteiger partial charge < -0.3 is 15.4 Å². The third-order valence-electron chi connectivity index (χ3n) is 4.94. The summed E-state index contributed by atoms with van der Waals surface area (Å²) >= 11 is 5.23. The molecule has 170 valence electrons. The molecule has 3 N–H and O–H groups in total. The Bertz CT molecular complexity index is 1140. The molecule has 0 atom stereocenters. The van der Waals surface area contributed by atoms with Crippen molar-refractivity contribution in [1.82, 2.24) is 5.32 Å². The molecule has 0 saturated heterocycles. The Kier molecular flexibility index (Phi) is 8.16. The van der Waals surface area contributed by atoms with Crippen LogP contribution in [0.4, 0.5) is 11.4 Å². The van der Waals surface area contributed by atoms with E-state index in [9.17, 15) is 9.59 Å². The summed E-state index contributed by atoms with van der Waals surface area (Å²) in [4.78, 5) is 24.7. The van der Waals surface area contributed by atoms with Crippen LogP contribution in [0, 0.1) is 6.92 Å². The zero-order valence-electron chi connectivity index (χ0n) is 18.8. The molecular weight excluding hydrogens is 434 g/mol. The first-order chi connectivity index (χ1) is 15.8. The fourth-order valence-corrected chi connectivity index (χ4v) is 3.36. The average molecular weight is 462 g/mol. The Labute approximate surface area is 199 Å². The van der Waals surface area contributed by atoms with Gasteiger partial charge in [0.1, 0.15) is 5.75 Å². The molecule has 0 bridgehead atoms. The molecule has 6 nitrogen and oxygen atoms in total. The number of carbonyl (C=O) groups excluding carboxylic acids is 2. The highest BCUT2D eigenvalue weighted by molar-refractivity contribution is 7.80. The van der Waals surface area contributed by atoms with Crippen LogP contribution < -0.4 is 20.7 Å². The number of carbonyl (C=O) groups is 2. The summed E-state index contributed by atoms with van der Waals surface area (Å²) in [7, 11) is 0. The number of amides is 2. The molecule has 0 heterocycles. The van der Waals surface area contributed by atoms with Crippen LogP contribution in [0.3, 0.4) is 0 Å². The second kappa shape index (κ2) is 11.2. The third kappa shape index (κ3) is 7.15. The maximum atomic E-state index is 12.5. The lowest BCUT2D eigenvalue weighted by atomic mass is 10.0. The van der Waals surface area contributed by atoms with Gasteiger partial charge in [-0.05, 0) is 72.6 Å². The van der Waals surface area contributed by atoms with Crippen molar-refractivity contribution in [1.29, 1.82) is 0 Å². The lowest BCUT2D eigenvalue weighted by molar-refractivity contribution is -0.121. The Morgan fingerprint density at radius 2 is 1.58 bits per heavy atom. The van der Waals surface area contributed by atoms with E-state index in [0.717, 1.165) is 5.56 Å². The minimum Gasteiger partial charge on any atom is -0.484 e. The molecule has 0 aliphatic carbocycles. The molecule has 3 rings (SSSR count). The maximum absolute atomic E-state index is 12.5. The second-order valence-electron chi connectivity index (χ2n) is 7.86. The van der Waals surface area contributed by atoms with Gasteiger partial charge in [-0.2, -0.15) is 0 Å². The zero-order valence-corrected chi connectivity index (χ0v) is 19.7. The molecular formula is C26H27N3O3S. The number of hydrogen-bond acceptors (Lipinski definition) is 4. The maximum Gasteiger partial charge on any atom is 0.264 e. The highest BCUT2D eigenvalue weighted by atomic mass is 32.1. The number of rotatable bonds is 7. The number of anilines is 2. The summed E-state index contributed by atoms with van der Waals surface area (Å²) in [6.45, 7) is 5.96. The van der Waals surface area contributed by atoms with Gasteiger partial charge in [-0.15, -0.1) is 0 Å². The number of nitrogens with one attached hydrogen (secondary N) is 3. The Hall–Kier alpha value is -3.71. The van der Waals surface area contributed by atoms with E-state index in [4.69, 9.17) is 17.0 Å². The molecule has 3 aromatic carbocycles. The standard InChI is InChI=1S/C26H27N3O3S/c1-17(2)19-11-13-22(14-12-19)32-16-24(30)29-26(33)28-21-9-6-8-20(15-21)27-25(31)23-10-5-4-7-18(23)3/h4-15,17H,16H2,1-3H3,(H,27,31)(H2,28,29,30,33). The fourth-order valence-electron chi connectivity index (χ4n) is 3.12. The number of thiocarbonyl (C=S) groups is 1. The third-order valence-corrected chi connectivity index (χ3v) is 5.14. The quantitative estimate of drug-likeness (QED) is 0.418. The first-order valence-corrected chi connectivity index (χ1v) is 11.0. The summed E-state index contributed by atoms with van der Waals surface area (Å²) in [6, 6.07) is 22.1. The van der Waals surface area contributed by atoms with E-state index in [0.29, 0.717) is 28.6 Å².